The quantitative estimate of drug-likeness (QED) is 0.818. The Balaban J connectivity index is 2.37. The molecule has 0 spiro atoms. The van der Waals surface area contributed by atoms with Crippen molar-refractivity contribution >= 4 is 22.6 Å². The van der Waals surface area contributed by atoms with E-state index in [-0.39, 0.29) is 5.56 Å². The van der Waals surface area contributed by atoms with Crippen molar-refractivity contribution in [3.8, 4) is 11.4 Å². The molecule has 0 bridgehead atoms. The standard InChI is InChI=1S/C16H19IN2O/c1-4-13-14(17)16(20)19-15(18-13)12-7-5-11(6-8-12)9-10(2)3/h5-8,10H,4,9H2,1-3H3,(H,18,19,20). The molecule has 1 aromatic carbocycles. The molecule has 0 amide bonds. The van der Waals surface area contributed by atoms with Crippen molar-refractivity contribution in [1.29, 1.82) is 0 Å². The van der Waals surface area contributed by atoms with Gasteiger partial charge in [0.1, 0.15) is 5.82 Å². The van der Waals surface area contributed by atoms with E-state index in [9.17, 15) is 4.79 Å². The van der Waals surface area contributed by atoms with Crippen molar-refractivity contribution < 1.29 is 0 Å². The van der Waals surface area contributed by atoms with Crippen molar-refractivity contribution in [3.63, 3.8) is 0 Å². The van der Waals surface area contributed by atoms with E-state index in [1.54, 1.807) is 0 Å². The molecular formula is C16H19IN2O. The fraction of sp³-hybridized carbons (Fsp3) is 0.375. The summed E-state index contributed by atoms with van der Waals surface area (Å²) in [6.07, 6.45) is 1.83. The second-order valence-electron chi connectivity index (χ2n) is 5.32. The lowest BCUT2D eigenvalue weighted by molar-refractivity contribution is 0.647. The maximum absolute atomic E-state index is 11.9. The zero-order chi connectivity index (χ0) is 14.7. The van der Waals surface area contributed by atoms with Gasteiger partial charge in [0, 0.05) is 5.56 Å². The maximum atomic E-state index is 11.9. The number of nitrogens with one attached hydrogen (secondary N) is 1. The SMILES string of the molecule is CCc1nc(-c2ccc(CC(C)C)cc2)[nH]c(=O)c1I. The predicted molar refractivity (Wildman–Crippen MR) is 90.9 cm³/mol. The summed E-state index contributed by atoms with van der Waals surface area (Å²) < 4.78 is 0.685. The van der Waals surface area contributed by atoms with Crippen molar-refractivity contribution in [2.75, 3.05) is 0 Å². The first kappa shape index (κ1) is 15.2. The number of rotatable bonds is 4. The fourth-order valence-corrected chi connectivity index (χ4v) is 2.78. The van der Waals surface area contributed by atoms with Crippen LogP contribution in [0.3, 0.4) is 0 Å². The molecule has 106 valence electrons. The molecule has 2 rings (SSSR count). The lowest BCUT2D eigenvalue weighted by atomic mass is 10.0. The number of nitrogens with zero attached hydrogens (tertiary/aromatic N) is 1. The van der Waals surface area contributed by atoms with E-state index in [1.165, 1.54) is 5.56 Å². The Bertz CT molecular complexity index is 645. The molecule has 1 N–H and O–H groups in total. The van der Waals surface area contributed by atoms with Gasteiger partial charge in [-0.25, -0.2) is 4.98 Å². The Kier molecular flexibility index (Phi) is 4.96. The van der Waals surface area contributed by atoms with Crippen LogP contribution < -0.4 is 5.56 Å². The number of aromatic amines is 1. The first-order valence-corrected chi connectivity index (χ1v) is 7.97. The van der Waals surface area contributed by atoms with Crippen molar-refractivity contribution in [1.82, 2.24) is 9.97 Å². The normalized spacial score (nSPS) is 11.1. The lowest BCUT2D eigenvalue weighted by Gasteiger charge is -2.08. The molecule has 0 fully saturated rings. The van der Waals surface area contributed by atoms with E-state index in [0.717, 1.165) is 24.1 Å². The second kappa shape index (κ2) is 6.52. The van der Waals surface area contributed by atoms with Crippen LogP contribution in [0.2, 0.25) is 0 Å². The van der Waals surface area contributed by atoms with Crippen LogP contribution in [0.25, 0.3) is 11.4 Å². The molecule has 0 unspecified atom stereocenters. The number of aromatic nitrogens is 2. The van der Waals surface area contributed by atoms with Gasteiger partial charge in [0.15, 0.2) is 0 Å². The van der Waals surface area contributed by atoms with Gasteiger partial charge in [-0.1, -0.05) is 45.0 Å². The van der Waals surface area contributed by atoms with Gasteiger partial charge >= 0.3 is 0 Å². The first-order chi connectivity index (χ1) is 9.51. The summed E-state index contributed by atoms with van der Waals surface area (Å²) in [6.45, 7) is 6.43. The summed E-state index contributed by atoms with van der Waals surface area (Å²) in [5, 5.41) is 0. The molecular weight excluding hydrogens is 363 g/mol. The van der Waals surface area contributed by atoms with Crippen LogP contribution in [0.15, 0.2) is 29.1 Å². The molecule has 0 aliphatic rings. The van der Waals surface area contributed by atoms with Gasteiger partial charge in [-0.05, 0) is 46.9 Å². The number of H-pyrrole nitrogens is 1. The van der Waals surface area contributed by atoms with E-state index < -0.39 is 0 Å². The van der Waals surface area contributed by atoms with Gasteiger partial charge in [0.05, 0.1) is 9.26 Å². The van der Waals surface area contributed by atoms with Crippen LogP contribution in [0, 0.1) is 9.49 Å². The highest BCUT2D eigenvalue weighted by Gasteiger charge is 2.09. The second-order valence-corrected chi connectivity index (χ2v) is 6.40. The molecule has 1 aromatic heterocycles. The summed E-state index contributed by atoms with van der Waals surface area (Å²) in [6, 6.07) is 8.28. The van der Waals surface area contributed by atoms with Gasteiger partial charge in [-0.3, -0.25) is 4.79 Å². The van der Waals surface area contributed by atoms with E-state index in [0.29, 0.717) is 15.3 Å². The molecule has 1 heterocycles. The number of hydrogen-bond acceptors (Lipinski definition) is 2. The Labute approximate surface area is 133 Å². The van der Waals surface area contributed by atoms with Gasteiger partial charge in [-0.2, -0.15) is 0 Å². The lowest BCUT2D eigenvalue weighted by Crippen LogP contribution is -2.16. The van der Waals surface area contributed by atoms with Crippen LogP contribution in [0.1, 0.15) is 32.0 Å². The highest BCUT2D eigenvalue weighted by Crippen LogP contribution is 2.18. The third-order valence-electron chi connectivity index (χ3n) is 3.14. The van der Waals surface area contributed by atoms with Crippen LogP contribution in [0.4, 0.5) is 0 Å². The smallest absolute Gasteiger partial charge is 0.264 e. The first-order valence-electron chi connectivity index (χ1n) is 6.89. The predicted octanol–water partition coefficient (Wildman–Crippen LogP) is 3.80. The van der Waals surface area contributed by atoms with Gasteiger partial charge in [0.2, 0.25) is 0 Å². The zero-order valence-corrected chi connectivity index (χ0v) is 14.2. The topological polar surface area (TPSA) is 45.8 Å². The zero-order valence-electron chi connectivity index (χ0n) is 12.0. The monoisotopic (exact) mass is 382 g/mol. The van der Waals surface area contributed by atoms with Gasteiger partial charge in [0.25, 0.3) is 5.56 Å². The highest BCUT2D eigenvalue weighted by atomic mass is 127. The average molecular weight is 382 g/mol. The number of hydrogen-bond donors (Lipinski definition) is 1. The highest BCUT2D eigenvalue weighted by molar-refractivity contribution is 14.1. The maximum Gasteiger partial charge on any atom is 0.264 e. The number of halogens is 1. The molecule has 20 heavy (non-hydrogen) atoms. The summed E-state index contributed by atoms with van der Waals surface area (Å²) in [4.78, 5) is 19.3. The van der Waals surface area contributed by atoms with E-state index >= 15 is 0 Å². The van der Waals surface area contributed by atoms with E-state index in [2.05, 4.69) is 58.5 Å². The largest absolute Gasteiger partial charge is 0.306 e. The Hall–Kier alpha value is -1.17. The summed E-state index contributed by atoms with van der Waals surface area (Å²) >= 11 is 2.05. The van der Waals surface area contributed by atoms with E-state index in [1.807, 2.05) is 19.1 Å². The van der Waals surface area contributed by atoms with Crippen molar-refractivity contribution in [2.45, 2.75) is 33.6 Å². The van der Waals surface area contributed by atoms with Crippen LogP contribution in [-0.4, -0.2) is 9.97 Å². The molecule has 2 aromatic rings. The van der Waals surface area contributed by atoms with Crippen LogP contribution >= 0.6 is 22.6 Å². The fourth-order valence-electron chi connectivity index (χ4n) is 2.15. The molecule has 3 nitrogen and oxygen atoms in total. The number of benzene rings is 1. The van der Waals surface area contributed by atoms with Crippen LogP contribution in [0.5, 0.6) is 0 Å². The van der Waals surface area contributed by atoms with Gasteiger partial charge < -0.3 is 4.98 Å². The molecule has 0 saturated heterocycles. The molecule has 0 radical (unpaired) electrons. The third kappa shape index (κ3) is 3.48. The minimum atomic E-state index is -0.0568. The van der Waals surface area contributed by atoms with E-state index in [4.69, 9.17) is 0 Å². The Morgan fingerprint density at radius 1 is 1.25 bits per heavy atom. The molecule has 4 heteroatoms. The minimum absolute atomic E-state index is 0.0568. The molecule has 0 aliphatic heterocycles. The summed E-state index contributed by atoms with van der Waals surface area (Å²) in [7, 11) is 0. The third-order valence-corrected chi connectivity index (χ3v) is 4.25. The Morgan fingerprint density at radius 2 is 1.90 bits per heavy atom. The van der Waals surface area contributed by atoms with Gasteiger partial charge in [-0.15, -0.1) is 0 Å². The molecule has 0 aliphatic carbocycles. The number of aryl methyl sites for hydroxylation is 1. The minimum Gasteiger partial charge on any atom is -0.306 e. The van der Waals surface area contributed by atoms with Crippen LogP contribution in [-0.2, 0) is 12.8 Å². The van der Waals surface area contributed by atoms with Crippen molar-refractivity contribution in [3.05, 3.63) is 49.4 Å². The summed E-state index contributed by atoms with van der Waals surface area (Å²) in [5.41, 5.74) is 3.07. The summed E-state index contributed by atoms with van der Waals surface area (Å²) in [5.74, 6) is 1.30. The molecule has 0 saturated carbocycles. The molecule has 0 atom stereocenters. The van der Waals surface area contributed by atoms with Crippen molar-refractivity contribution in [2.24, 2.45) is 5.92 Å². The Morgan fingerprint density at radius 3 is 2.45 bits per heavy atom. The average Bonchev–Trinajstić information content (AvgIpc) is 2.42.